The molecule has 0 aliphatic carbocycles. The van der Waals surface area contributed by atoms with Gasteiger partial charge in [0.25, 0.3) is 23.6 Å². The van der Waals surface area contributed by atoms with Crippen molar-refractivity contribution in [2.75, 3.05) is 7.15 Å². The standard InChI is InChI=1S/C13H11FN2O5.C8H4FNO2.C5H10N2O3.CH3F/c14-7-3-1-2-6-10(7)12(19)16(11(6)18)8(13(20)21)4-5-9(15)17;9-5-3-1-2-4-6(5)8(12)10-7(4)11;6-3(5(9)10)1-2-4(7)8;1-2/h1-3,8H,4-5H2,(H2,15,17)(H,20,21);1-3H,(H,10,11,12);3H,1-2,6H2,(H2,7,8)(H,9,10);1H3/t;;3-;/m..0./s1/i;;;1D. The normalized spacial score (nSPS) is 14.0. The summed E-state index contributed by atoms with van der Waals surface area (Å²) in [5.74, 6) is -8.53. The summed E-state index contributed by atoms with van der Waals surface area (Å²) in [6.07, 6.45) is -0.511. The molecule has 1 unspecified atom stereocenters. The van der Waals surface area contributed by atoms with Crippen molar-refractivity contribution in [1.29, 1.82) is 0 Å². The number of carboxylic acids is 2. The van der Waals surface area contributed by atoms with E-state index in [1.54, 1.807) is 0 Å². The van der Waals surface area contributed by atoms with Gasteiger partial charge in [-0.1, -0.05) is 12.1 Å². The molecular weight excluding hydrogens is 611 g/mol. The maximum absolute atomic E-state index is 13.6. The van der Waals surface area contributed by atoms with Gasteiger partial charge in [0.1, 0.15) is 23.7 Å². The SMILES string of the molecule is NC(=O)CCC(C(=O)O)N1C(=O)c2cccc(F)c2C1=O.NC(=O)CC[C@H](N)C(=O)O.O=C1NC(=O)c2c(F)cccc21.[2H]CF. The molecule has 2 aromatic rings. The molecule has 0 spiro atoms. The highest BCUT2D eigenvalue weighted by atomic mass is 19.1. The van der Waals surface area contributed by atoms with Crippen LogP contribution in [0.15, 0.2) is 36.4 Å². The molecule has 2 aromatic carbocycles. The maximum atomic E-state index is 13.6. The molecule has 0 saturated carbocycles. The number of nitrogens with two attached hydrogens (primary N) is 3. The molecule has 0 aromatic heterocycles. The Morgan fingerprint density at radius 1 is 0.822 bits per heavy atom. The minimum Gasteiger partial charge on any atom is -0.480 e. The number of carboxylic acid groups (broad SMARTS) is 2. The third kappa shape index (κ3) is 9.68. The van der Waals surface area contributed by atoms with Gasteiger partial charge in [0.05, 0.1) is 30.8 Å². The highest BCUT2D eigenvalue weighted by Crippen LogP contribution is 2.28. The Kier molecular flexibility index (Phi) is 13.3. The zero-order chi connectivity index (χ0) is 35.3. The van der Waals surface area contributed by atoms with Gasteiger partial charge in [0.2, 0.25) is 11.8 Å². The van der Waals surface area contributed by atoms with Crippen molar-refractivity contribution in [3.63, 3.8) is 0 Å². The summed E-state index contributed by atoms with van der Waals surface area (Å²) in [6, 6.07) is 4.92. The molecule has 2 aliphatic rings. The van der Waals surface area contributed by atoms with E-state index < -0.39 is 83.8 Å². The molecule has 2 aliphatic heterocycles. The van der Waals surface area contributed by atoms with Crippen molar-refractivity contribution in [1.82, 2.24) is 10.2 Å². The van der Waals surface area contributed by atoms with Crippen LogP contribution in [0, 0.1) is 11.6 Å². The minimum absolute atomic E-state index is 0.0213. The summed E-state index contributed by atoms with van der Waals surface area (Å²) in [5.41, 5.74) is 14.1. The Labute approximate surface area is 253 Å². The number of aliphatic carboxylic acids is 2. The summed E-state index contributed by atoms with van der Waals surface area (Å²) >= 11 is 0. The third-order valence-corrected chi connectivity index (χ3v) is 5.89. The second-order valence-electron chi connectivity index (χ2n) is 8.90. The molecule has 0 saturated heterocycles. The molecule has 9 N–H and O–H groups in total. The van der Waals surface area contributed by atoms with E-state index in [0.29, 0.717) is 4.90 Å². The predicted molar refractivity (Wildman–Crippen MR) is 146 cm³/mol. The number of primary amides is 2. The van der Waals surface area contributed by atoms with Gasteiger partial charge in [-0.15, -0.1) is 0 Å². The fourth-order valence-electron chi connectivity index (χ4n) is 3.79. The van der Waals surface area contributed by atoms with Crippen LogP contribution in [0.3, 0.4) is 0 Å². The number of alkyl halides is 1. The van der Waals surface area contributed by atoms with E-state index in [9.17, 15) is 51.5 Å². The summed E-state index contributed by atoms with van der Waals surface area (Å²) in [6.45, 7) is 0. The number of nitrogens with one attached hydrogen (secondary N) is 1. The van der Waals surface area contributed by atoms with Gasteiger partial charge in [-0.2, -0.15) is 0 Å². The number of benzene rings is 2. The number of carbonyl (C=O) groups excluding carboxylic acids is 6. The first-order valence-corrected chi connectivity index (χ1v) is 12.4. The average molecular weight is 641 g/mol. The van der Waals surface area contributed by atoms with E-state index >= 15 is 0 Å². The molecule has 6 amide bonds. The van der Waals surface area contributed by atoms with Crippen molar-refractivity contribution in [2.45, 2.75) is 37.8 Å². The van der Waals surface area contributed by atoms with Crippen LogP contribution in [-0.2, 0) is 19.2 Å². The zero-order valence-corrected chi connectivity index (χ0v) is 23.1. The topological polar surface area (TPSA) is 270 Å². The van der Waals surface area contributed by atoms with Crippen LogP contribution < -0.4 is 22.5 Å². The largest absolute Gasteiger partial charge is 0.480 e. The van der Waals surface area contributed by atoms with E-state index in [1.807, 2.05) is 5.32 Å². The average Bonchev–Trinajstić information content (AvgIpc) is 3.41. The molecular formula is C27H28F3N5O10. The van der Waals surface area contributed by atoms with Gasteiger partial charge in [-0.3, -0.25) is 48.2 Å². The number of halogens is 3. The third-order valence-electron chi connectivity index (χ3n) is 5.89. The lowest BCUT2D eigenvalue weighted by atomic mass is 10.1. The Hall–Kier alpha value is -5.65. The number of carbonyl (C=O) groups is 8. The van der Waals surface area contributed by atoms with Crippen molar-refractivity contribution >= 4 is 47.4 Å². The Balaban J connectivity index is 0.000000359. The highest BCUT2D eigenvalue weighted by molar-refractivity contribution is 6.23. The van der Waals surface area contributed by atoms with Crippen LogP contribution in [0.2, 0.25) is 0 Å². The second-order valence-corrected chi connectivity index (χ2v) is 8.90. The minimum atomic E-state index is -1.57. The zero-order valence-electron chi connectivity index (χ0n) is 24.1. The first-order valence-electron chi connectivity index (χ1n) is 13.1. The quantitative estimate of drug-likeness (QED) is 0.200. The van der Waals surface area contributed by atoms with E-state index in [-0.39, 0.29) is 42.4 Å². The lowest BCUT2D eigenvalue weighted by Gasteiger charge is -2.21. The molecule has 45 heavy (non-hydrogen) atoms. The van der Waals surface area contributed by atoms with Crippen LogP contribution >= 0.6 is 0 Å². The molecule has 0 radical (unpaired) electrons. The van der Waals surface area contributed by atoms with Gasteiger partial charge in [0.15, 0.2) is 0 Å². The molecule has 18 heteroatoms. The fraction of sp³-hybridized carbons (Fsp3) is 0.259. The van der Waals surface area contributed by atoms with E-state index in [2.05, 4.69) is 0 Å². The number of hydrogen-bond acceptors (Lipinski definition) is 9. The lowest BCUT2D eigenvalue weighted by molar-refractivity contribution is -0.142. The summed E-state index contributed by atoms with van der Waals surface area (Å²) in [7, 11) is -1.00. The molecule has 242 valence electrons. The summed E-state index contributed by atoms with van der Waals surface area (Å²) in [5, 5.41) is 19.4. The Morgan fingerprint density at radius 2 is 1.31 bits per heavy atom. The number of rotatable bonds is 9. The maximum Gasteiger partial charge on any atom is 0.326 e. The predicted octanol–water partition coefficient (Wildman–Crippen LogP) is 0.0992. The molecule has 15 nitrogen and oxygen atoms in total. The van der Waals surface area contributed by atoms with Crippen LogP contribution in [0.1, 0.15) is 68.5 Å². The van der Waals surface area contributed by atoms with Gasteiger partial charge >= 0.3 is 11.9 Å². The first kappa shape index (κ1) is 35.5. The van der Waals surface area contributed by atoms with Gasteiger partial charge < -0.3 is 27.4 Å². The van der Waals surface area contributed by atoms with E-state index in [4.69, 9.17) is 28.8 Å². The van der Waals surface area contributed by atoms with Crippen molar-refractivity contribution in [2.24, 2.45) is 17.2 Å². The van der Waals surface area contributed by atoms with Crippen LogP contribution in [0.5, 0.6) is 0 Å². The van der Waals surface area contributed by atoms with Crippen LogP contribution in [0.25, 0.3) is 0 Å². The highest BCUT2D eigenvalue weighted by Gasteiger charge is 2.44. The number of fused-ring (bicyclic) bond motifs is 2. The van der Waals surface area contributed by atoms with Gasteiger partial charge in [0, 0.05) is 12.8 Å². The van der Waals surface area contributed by atoms with Crippen molar-refractivity contribution in [3.8, 4) is 0 Å². The van der Waals surface area contributed by atoms with Crippen LogP contribution in [-0.4, -0.2) is 81.7 Å². The van der Waals surface area contributed by atoms with E-state index in [0.717, 1.165) is 12.1 Å². The number of nitrogens with zero attached hydrogens (tertiary/aromatic N) is 1. The van der Waals surface area contributed by atoms with Crippen molar-refractivity contribution < 1.29 is 63.1 Å². The fourth-order valence-corrected chi connectivity index (χ4v) is 3.79. The molecule has 4 rings (SSSR count). The lowest BCUT2D eigenvalue weighted by Crippen LogP contribution is -2.45. The molecule has 2 atom stereocenters. The van der Waals surface area contributed by atoms with E-state index in [1.165, 1.54) is 24.3 Å². The van der Waals surface area contributed by atoms with Crippen LogP contribution in [0.4, 0.5) is 13.2 Å². The summed E-state index contributed by atoms with van der Waals surface area (Å²) in [4.78, 5) is 88.7. The first-order chi connectivity index (χ1) is 21.5. The molecule has 0 bridgehead atoms. The monoisotopic (exact) mass is 640 g/mol. The number of imide groups is 2. The molecule has 0 fully saturated rings. The van der Waals surface area contributed by atoms with Gasteiger partial charge in [-0.05, 0) is 37.1 Å². The Bertz CT molecular complexity index is 1540. The van der Waals surface area contributed by atoms with Gasteiger partial charge in [-0.25, -0.2) is 13.6 Å². The smallest absolute Gasteiger partial charge is 0.326 e. The second kappa shape index (κ2) is 16.8. The molecule has 2 heterocycles. The summed E-state index contributed by atoms with van der Waals surface area (Å²) < 4.78 is 42.0. The number of amides is 6. The van der Waals surface area contributed by atoms with Crippen molar-refractivity contribution in [3.05, 3.63) is 70.3 Å². The number of hydrogen-bond donors (Lipinski definition) is 6. The Morgan fingerprint density at radius 3 is 1.76 bits per heavy atom.